The lowest BCUT2D eigenvalue weighted by atomic mass is 10.2. The van der Waals surface area contributed by atoms with Crippen LogP contribution >= 0.6 is 23.1 Å². The molecule has 1 aliphatic carbocycles. The van der Waals surface area contributed by atoms with Crippen LogP contribution in [0, 0.1) is 0 Å². The molecule has 4 rings (SSSR count). The van der Waals surface area contributed by atoms with E-state index in [-0.39, 0.29) is 23.1 Å². The van der Waals surface area contributed by atoms with E-state index >= 15 is 0 Å². The summed E-state index contributed by atoms with van der Waals surface area (Å²) in [5, 5.41) is 6.80. The third kappa shape index (κ3) is 5.36. The molecule has 180 valence electrons. The summed E-state index contributed by atoms with van der Waals surface area (Å²) < 4.78 is 1.77. The highest BCUT2D eigenvalue weighted by Gasteiger charge is 2.23. The molecule has 1 aromatic carbocycles. The number of hydrogen-bond donors (Lipinski definition) is 2. The smallest absolute Gasteiger partial charge is 0.263 e. The molecule has 2 amide bonds. The van der Waals surface area contributed by atoms with Crippen LogP contribution < -0.4 is 16.2 Å². The number of hydrogen-bond acceptors (Lipinski definition) is 6. The van der Waals surface area contributed by atoms with Gasteiger partial charge < -0.3 is 10.6 Å². The second-order valence-corrected chi connectivity index (χ2v) is 10.5. The maximum atomic E-state index is 13.5. The van der Waals surface area contributed by atoms with Crippen LogP contribution in [0.15, 0.2) is 34.2 Å². The van der Waals surface area contributed by atoms with Crippen molar-refractivity contribution in [2.45, 2.75) is 63.6 Å². The predicted molar refractivity (Wildman–Crippen MR) is 139 cm³/mol. The SMILES string of the molecule is CCCCCCn1c(SCC(=O)Nc2cccc(C(=O)NC)c2)nc2sc3c(c2c1=O)CCC3. The molecule has 2 N–H and O–H groups in total. The van der Waals surface area contributed by atoms with Gasteiger partial charge in [0, 0.05) is 29.7 Å². The fourth-order valence-electron chi connectivity index (χ4n) is 4.27. The molecule has 0 spiro atoms. The van der Waals surface area contributed by atoms with E-state index in [9.17, 15) is 14.4 Å². The van der Waals surface area contributed by atoms with Crippen molar-refractivity contribution in [1.82, 2.24) is 14.9 Å². The average Bonchev–Trinajstić information content (AvgIpc) is 3.42. The predicted octanol–water partition coefficient (Wildman–Crippen LogP) is 4.62. The van der Waals surface area contributed by atoms with E-state index in [0.29, 0.717) is 23.0 Å². The number of carbonyl (C=O) groups excluding carboxylic acids is 2. The van der Waals surface area contributed by atoms with E-state index in [0.717, 1.165) is 55.2 Å². The van der Waals surface area contributed by atoms with Crippen molar-refractivity contribution in [1.29, 1.82) is 0 Å². The van der Waals surface area contributed by atoms with Gasteiger partial charge in [0.1, 0.15) is 4.83 Å². The first-order valence-corrected chi connectivity index (χ1v) is 13.6. The largest absolute Gasteiger partial charge is 0.355 e. The topological polar surface area (TPSA) is 93.1 Å². The number of aryl methyl sites for hydroxylation is 2. The van der Waals surface area contributed by atoms with Crippen molar-refractivity contribution < 1.29 is 9.59 Å². The zero-order chi connectivity index (χ0) is 24.1. The van der Waals surface area contributed by atoms with Gasteiger partial charge in [0.05, 0.1) is 11.1 Å². The van der Waals surface area contributed by atoms with E-state index in [2.05, 4.69) is 17.6 Å². The molecule has 0 unspecified atom stereocenters. The number of benzene rings is 1. The van der Waals surface area contributed by atoms with Crippen molar-refractivity contribution in [2.24, 2.45) is 0 Å². The summed E-state index contributed by atoms with van der Waals surface area (Å²) >= 11 is 2.91. The summed E-state index contributed by atoms with van der Waals surface area (Å²) in [5.74, 6) is -0.292. The van der Waals surface area contributed by atoms with Crippen LogP contribution in [-0.2, 0) is 24.2 Å². The Hall–Kier alpha value is -2.65. The van der Waals surface area contributed by atoms with Crippen molar-refractivity contribution in [3.05, 3.63) is 50.6 Å². The third-order valence-electron chi connectivity index (χ3n) is 5.99. The Kier molecular flexibility index (Phi) is 8.05. The minimum absolute atomic E-state index is 0.0297. The highest BCUT2D eigenvalue weighted by atomic mass is 32.2. The van der Waals surface area contributed by atoms with Crippen molar-refractivity contribution in [3.63, 3.8) is 0 Å². The van der Waals surface area contributed by atoms with Crippen molar-refractivity contribution in [3.8, 4) is 0 Å². The molecule has 0 aliphatic heterocycles. The van der Waals surface area contributed by atoms with E-state index in [1.54, 1.807) is 47.2 Å². The molecular weight excluding hydrogens is 468 g/mol. The fourth-order valence-corrected chi connectivity index (χ4v) is 6.40. The third-order valence-corrected chi connectivity index (χ3v) is 8.16. The highest BCUT2D eigenvalue weighted by molar-refractivity contribution is 7.99. The number of nitrogens with zero attached hydrogens (tertiary/aromatic N) is 2. The van der Waals surface area contributed by atoms with Crippen LogP contribution in [0.1, 0.15) is 59.8 Å². The number of aromatic nitrogens is 2. The normalized spacial score (nSPS) is 12.6. The molecule has 0 atom stereocenters. The van der Waals surface area contributed by atoms with Gasteiger partial charge >= 0.3 is 0 Å². The van der Waals surface area contributed by atoms with Crippen LogP contribution in [0.2, 0.25) is 0 Å². The Labute approximate surface area is 207 Å². The van der Waals surface area contributed by atoms with Gasteiger partial charge in [-0.05, 0) is 49.4 Å². The Morgan fingerprint density at radius 3 is 2.85 bits per heavy atom. The second kappa shape index (κ2) is 11.2. The summed E-state index contributed by atoms with van der Waals surface area (Å²) in [6.45, 7) is 2.78. The maximum Gasteiger partial charge on any atom is 0.263 e. The van der Waals surface area contributed by atoms with Crippen LogP contribution in [0.4, 0.5) is 5.69 Å². The zero-order valence-corrected chi connectivity index (χ0v) is 21.2. The van der Waals surface area contributed by atoms with Crippen molar-refractivity contribution >= 4 is 50.8 Å². The lowest BCUT2D eigenvalue weighted by molar-refractivity contribution is -0.113. The lowest BCUT2D eigenvalue weighted by Gasteiger charge is -2.12. The number of nitrogens with one attached hydrogen (secondary N) is 2. The molecule has 3 aromatic rings. The molecule has 7 nitrogen and oxygen atoms in total. The molecule has 0 bridgehead atoms. The summed E-state index contributed by atoms with van der Waals surface area (Å²) in [6.07, 6.45) is 7.32. The van der Waals surface area contributed by atoms with E-state index in [1.165, 1.54) is 22.2 Å². The van der Waals surface area contributed by atoms with Crippen LogP contribution in [0.5, 0.6) is 0 Å². The fraction of sp³-hybridized carbons (Fsp3) is 0.440. The van der Waals surface area contributed by atoms with Gasteiger partial charge in [-0.1, -0.05) is 44.0 Å². The molecule has 0 fully saturated rings. The number of thiophene rings is 1. The minimum Gasteiger partial charge on any atom is -0.355 e. The number of anilines is 1. The van der Waals surface area contributed by atoms with Gasteiger partial charge in [-0.3, -0.25) is 19.0 Å². The molecule has 2 aromatic heterocycles. The number of fused-ring (bicyclic) bond motifs is 3. The highest BCUT2D eigenvalue weighted by Crippen LogP contribution is 2.35. The maximum absolute atomic E-state index is 13.5. The van der Waals surface area contributed by atoms with Crippen LogP contribution in [-0.4, -0.2) is 34.2 Å². The minimum atomic E-state index is -0.210. The van der Waals surface area contributed by atoms with Gasteiger partial charge in [0.2, 0.25) is 5.91 Å². The first-order chi connectivity index (χ1) is 16.5. The summed E-state index contributed by atoms with van der Waals surface area (Å²) in [7, 11) is 1.57. The van der Waals surface area contributed by atoms with E-state index < -0.39 is 0 Å². The Bertz CT molecular complexity index is 1270. The quantitative estimate of drug-likeness (QED) is 0.242. The first kappa shape index (κ1) is 24.5. The molecule has 0 saturated carbocycles. The average molecular weight is 499 g/mol. The second-order valence-electron chi connectivity index (χ2n) is 8.45. The van der Waals surface area contributed by atoms with Gasteiger partial charge in [-0.25, -0.2) is 4.98 Å². The Balaban J connectivity index is 1.53. The summed E-state index contributed by atoms with van der Waals surface area (Å²) in [4.78, 5) is 44.9. The van der Waals surface area contributed by atoms with Gasteiger partial charge in [-0.15, -0.1) is 11.3 Å². The van der Waals surface area contributed by atoms with Gasteiger partial charge in [-0.2, -0.15) is 0 Å². The lowest BCUT2D eigenvalue weighted by Crippen LogP contribution is -2.24. The number of thioether (sulfide) groups is 1. The number of carbonyl (C=O) groups is 2. The molecule has 2 heterocycles. The van der Waals surface area contributed by atoms with Gasteiger partial charge in [0.25, 0.3) is 11.5 Å². The zero-order valence-electron chi connectivity index (χ0n) is 19.6. The first-order valence-electron chi connectivity index (χ1n) is 11.8. The summed E-state index contributed by atoms with van der Waals surface area (Å²) in [5.41, 5.74) is 2.25. The molecule has 34 heavy (non-hydrogen) atoms. The number of unbranched alkanes of at least 4 members (excludes halogenated alkanes) is 3. The Morgan fingerprint density at radius 1 is 1.21 bits per heavy atom. The van der Waals surface area contributed by atoms with Crippen LogP contribution in [0.25, 0.3) is 10.2 Å². The monoisotopic (exact) mass is 498 g/mol. The molecule has 9 heteroatoms. The molecular formula is C25H30N4O3S2. The van der Waals surface area contributed by atoms with Crippen molar-refractivity contribution in [2.75, 3.05) is 18.1 Å². The standard InChI is InChI=1S/C25H30N4O3S2/c1-3-4-5-6-13-29-24(32)21-18-11-8-12-19(18)34-23(21)28-25(29)33-15-20(30)27-17-10-7-9-16(14-17)22(31)26-2/h7,9-10,14H,3-6,8,11-13,15H2,1-2H3,(H,26,31)(H,27,30). The van der Waals surface area contributed by atoms with Crippen LogP contribution in [0.3, 0.4) is 0 Å². The summed E-state index contributed by atoms with van der Waals surface area (Å²) in [6, 6.07) is 6.81. The molecule has 0 radical (unpaired) electrons. The van der Waals surface area contributed by atoms with E-state index in [1.807, 2.05) is 0 Å². The Morgan fingerprint density at radius 2 is 2.06 bits per heavy atom. The molecule has 0 saturated heterocycles. The molecule has 1 aliphatic rings. The van der Waals surface area contributed by atoms with Gasteiger partial charge in [0.15, 0.2) is 5.16 Å². The number of rotatable bonds is 10. The number of amides is 2. The van der Waals surface area contributed by atoms with E-state index in [4.69, 9.17) is 4.98 Å².